The maximum Gasteiger partial charge on any atom is 0.275 e. The number of hydrogen-bond donors (Lipinski definition) is 2. The maximum absolute atomic E-state index is 13.4. The van der Waals surface area contributed by atoms with E-state index in [1.54, 1.807) is 11.0 Å². The van der Waals surface area contributed by atoms with Crippen LogP contribution in [0.2, 0.25) is 5.02 Å². The lowest BCUT2D eigenvalue weighted by Gasteiger charge is -2.33. The largest absolute Gasteiger partial charge is 0.368 e. The number of halogens is 1. The van der Waals surface area contributed by atoms with Crippen LogP contribution in [-0.4, -0.2) is 40.3 Å². The number of rotatable bonds is 5. The van der Waals surface area contributed by atoms with Gasteiger partial charge in [0.15, 0.2) is 5.13 Å². The molecule has 3 atom stereocenters. The van der Waals surface area contributed by atoms with Crippen molar-refractivity contribution >= 4 is 39.9 Å². The highest BCUT2D eigenvalue weighted by molar-refractivity contribution is 7.19. The maximum atomic E-state index is 13.4. The van der Waals surface area contributed by atoms with Gasteiger partial charge in [-0.3, -0.25) is 9.59 Å². The summed E-state index contributed by atoms with van der Waals surface area (Å²) < 4.78 is 0. The van der Waals surface area contributed by atoms with Crippen molar-refractivity contribution in [3.05, 3.63) is 35.0 Å². The van der Waals surface area contributed by atoms with E-state index in [-0.39, 0.29) is 17.9 Å². The Morgan fingerprint density at radius 3 is 2.93 bits per heavy atom. The van der Waals surface area contributed by atoms with Crippen molar-refractivity contribution in [3.8, 4) is 10.4 Å². The quantitative estimate of drug-likeness (QED) is 0.799. The van der Waals surface area contributed by atoms with Crippen molar-refractivity contribution in [2.24, 2.45) is 11.7 Å². The van der Waals surface area contributed by atoms with Crippen molar-refractivity contribution < 1.29 is 9.59 Å². The van der Waals surface area contributed by atoms with Crippen LogP contribution in [0.15, 0.2) is 24.3 Å². The molecule has 27 heavy (non-hydrogen) atoms. The molecule has 1 aliphatic carbocycles. The predicted molar refractivity (Wildman–Crippen MR) is 107 cm³/mol. The number of primary amides is 1. The van der Waals surface area contributed by atoms with Gasteiger partial charge < -0.3 is 16.0 Å². The van der Waals surface area contributed by atoms with Gasteiger partial charge in [-0.25, -0.2) is 4.98 Å². The Labute approximate surface area is 166 Å². The molecule has 2 amide bonds. The van der Waals surface area contributed by atoms with Crippen LogP contribution >= 0.6 is 22.9 Å². The molecular formula is C19H21ClN4O2S. The van der Waals surface area contributed by atoms with Crippen molar-refractivity contribution in [1.82, 2.24) is 9.88 Å². The highest BCUT2D eigenvalue weighted by atomic mass is 35.5. The molecule has 6 nitrogen and oxygen atoms in total. The SMILES string of the molecule is CCNc1nc(C(=O)N2[C@@H]3CC[C@@H](C3)[C@H]2C(N)=O)c(-c2cccc(Cl)c2)s1. The topological polar surface area (TPSA) is 88.3 Å². The number of carbonyl (C=O) groups is 2. The molecule has 1 aromatic heterocycles. The first-order valence-electron chi connectivity index (χ1n) is 9.12. The molecular weight excluding hydrogens is 384 g/mol. The molecule has 2 heterocycles. The van der Waals surface area contributed by atoms with Gasteiger partial charge >= 0.3 is 0 Å². The number of carbonyl (C=O) groups excluding carboxylic acids is 2. The minimum Gasteiger partial charge on any atom is -0.368 e. The van der Waals surface area contributed by atoms with Crippen molar-refractivity contribution in [3.63, 3.8) is 0 Å². The monoisotopic (exact) mass is 404 g/mol. The van der Waals surface area contributed by atoms with Crippen LogP contribution in [-0.2, 0) is 4.79 Å². The Kier molecular flexibility index (Phi) is 4.82. The molecule has 1 aromatic carbocycles. The zero-order valence-corrected chi connectivity index (χ0v) is 16.5. The summed E-state index contributed by atoms with van der Waals surface area (Å²) in [4.78, 5) is 32.5. The highest BCUT2D eigenvalue weighted by Gasteiger charge is 2.51. The van der Waals surface area contributed by atoms with Crippen molar-refractivity contribution in [2.45, 2.75) is 38.3 Å². The number of nitrogens with two attached hydrogens (primary N) is 1. The first-order valence-corrected chi connectivity index (χ1v) is 10.3. The molecule has 3 N–H and O–H groups in total. The lowest BCUT2D eigenvalue weighted by Crippen LogP contribution is -2.51. The molecule has 0 unspecified atom stereocenters. The third kappa shape index (κ3) is 3.19. The van der Waals surface area contributed by atoms with Gasteiger partial charge in [-0.15, -0.1) is 0 Å². The number of amides is 2. The molecule has 1 saturated carbocycles. The van der Waals surface area contributed by atoms with Crippen LogP contribution in [0.25, 0.3) is 10.4 Å². The van der Waals surface area contributed by atoms with Crippen LogP contribution in [0.5, 0.6) is 0 Å². The molecule has 2 aliphatic rings. The third-order valence-corrected chi connectivity index (χ3v) is 6.65. The average molecular weight is 405 g/mol. The summed E-state index contributed by atoms with van der Waals surface area (Å²) in [5.74, 6) is -0.485. The van der Waals surface area contributed by atoms with Crippen LogP contribution in [0.4, 0.5) is 5.13 Å². The standard InChI is InChI=1S/C19H21ClN4O2S/c1-2-22-19-23-14(16(27-19)11-4-3-5-12(20)8-11)18(26)24-13-7-6-10(9-13)15(24)17(21)25/h3-5,8,10,13,15H,2,6-7,9H2,1H3,(H2,21,25)(H,22,23)/t10-,13+,15-/m0/s1. The Balaban J connectivity index is 1.76. The second kappa shape index (κ2) is 7.13. The first-order chi connectivity index (χ1) is 13.0. The van der Waals surface area contributed by atoms with E-state index >= 15 is 0 Å². The summed E-state index contributed by atoms with van der Waals surface area (Å²) in [6.45, 7) is 2.68. The van der Waals surface area contributed by atoms with E-state index in [0.717, 1.165) is 29.7 Å². The summed E-state index contributed by atoms with van der Waals surface area (Å²) in [7, 11) is 0. The Hall–Kier alpha value is -2.12. The fourth-order valence-corrected chi connectivity index (χ4v) is 5.50. The highest BCUT2D eigenvalue weighted by Crippen LogP contribution is 2.44. The van der Waals surface area contributed by atoms with Gasteiger partial charge in [-0.1, -0.05) is 35.1 Å². The number of thiazole rings is 1. The van der Waals surface area contributed by atoms with E-state index in [2.05, 4.69) is 10.3 Å². The molecule has 0 radical (unpaired) electrons. The van der Waals surface area contributed by atoms with Gasteiger partial charge in [0.1, 0.15) is 11.7 Å². The smallest absolute Gasteiger partial charge is 0.275 e. The van der Waals surface area contributed by atoms with Gasteiger partial charge in [0.2, 0.25) is 5.91 Å². The number of piperidine rings is 1. The number of benzene rings is 1. The minimum absolute atomic E-state index is 0.0662. The molecule has 0 spiro atoms. The van der Waals surface area contributed by atoms with E-state index < -0.39 is 11.9 Å². The third-order valence-electron chi connectivity index (χ3n) is 5.36. The number of nitrogens with zero attached hydrogens (tertiary/aromatic N) is 2. The second-order valence-electron chi connectivity index (χ2n) is 7.02. The molecule has 142 valence electrons. The molecule has 1 saturated heterocycles. The van der Waals surface area contributed by atoms with E-state index in [0.29, 0.717) is 22.4 Å². The lowest BCUT2D eigenvalue weighted by atomic mass is 9.97. The zero-order valence-electron chi connectivity index (χ0n) is 14.9. The number of anilines is 1. The number of hydrogen-bond acceptors (Lipinski definition) is 5. The zero-order chi connectivity index (χ0) is 19.1. The fourth-order valence-electron chi connectivity index (χ4n) is 4.29. The molecule has 2 fully saturated rings. The van der Waals surface area contributed by atoms with E-state index in [1.807, 2.05) is 25.1 Å². The second-order valence-corrected chi connectivity index (χ2v) is 8.46. The Morgan fingerprint density at radius 2 is 2.22 bits per heavy atom. The van der Waals surface area contributed by atoms with Crippen LogP contribution < -0.4 is 11.1 Å². The normalized spacial score (nSPS) is 23.6. The predicted octanol–water partition coefficient (Wildman–Crippen LogP) is 3.37. The number of nitrogens with one attached hydrogen (secondary N) is 1. The summed E-state index contributed by atoms with van der Waals surface area (Å²) >= 11 is 7.57. The lowest BCUT2D eigenvalue weighted by molar-refractivity contribution is -0.123. The number of likely N-dealkylation sites (tertiary alicyclic amines) is 1. The number of fused-ring (bicyclic) bond motifs is 2. The van der Waals surface area contributed by atoms with Crippen LogP contribution in [0.1, 0.15) is 36.7 Å². The molecule has 2 bridgehead atoms. The van der Waals surface area contributed by atoms with Gasteiger partial charge in [-0.05, 0) is 49.8 Å². The van der Waals surface area contributed by atoms with Crippen molar-refractivity contribution in [2.75, 3.05) is 11.9 Å². The average Bonchev–Trinajstić information content (AvgIpc) is 3.35. The molecule has 1 aliphatic heterocycles. The van der Waals surface area contributed by atoms with E-state index in [4.69, 9.17) is 17.3 Å². The summed E-state index contributed by atoms with van der Waals surface area (Å²) in [5.41, 5.74) is 6.83. The number of aromatic nitrogens is 1. The summed E-state index contributed by atoms with van der Waals surface area (Å²) in [6, 6.07) is 6.91. The summed E-state index contributed by atoms with van der Waals surface area (Å²) in [5, 5.41) is 4.45. The van der Waals surface area contributed by atoms with Crippen LogP contribution in [0, 0.1) is 5.92 Å². The van der Waals surface area contributed by atoms with Gasteiger partial charge in [0, 0.05) is 17.6 Å². The molecule has 4 rings (SSSR count). The van der Waals surface area contributed by atoms with Gasteiger partial charge in [0.05, 0.1) is 4.88 Å². The molecule has 8 heteroatoms. The minimum atomic E-state index is -0.534. The van der Waals surface area contributed by atoms with Crippen molar-refractivity contribution in [1.29, 1.82) is 0 Å². The molecule has 2 aromatic rings. The fraction of sp³-hybridized carbons (Fsp3) is 0.421. The van der Waals surface area contributed by atoms with Gasteiger partial charge in [0.25, 0.3) is 5.91 Å². The van der Waals surface area contributed by atoms with E-state index in [1.165, 1.54) is 11.3 Å². The Morgan fingerprint density at radius 1 is 1.41 bits per heavy atom. The Bertz CT molecular complexity index is 900. The first kappa shape index (κ1) is 18.3. The van der Waals surface area contributed by atoms with Crippen LogP contribution in [0.3, 0.4) is 0 Å². The summed E-state index contributed by atoms with van der Waals surface area (Å²) in [6.07, 6.45) is 2.70. The van der Waals surface area contributed by atoms with E-state index in [9.17, 15) is 9.59 Å². The van der Waals surface area contributed by atoms with Gasteiger partial charge in [-0.2, -0.15) is 0 Å².